The van der Waals surface area contributed by atoms with Gasteiger partial charge in [0, 0.05) is 18.7 Å². The maximum atomic E-state index is 13.5. The molecule has 0 aliphatic heterocycles. The van der Waals surface area contributed by atoms with Gasteiger partial charge in [-0.2, -0.15) is 13.2 Å². The average molecular weight is 456 g/mol. The van der Waals surface area contributed by atoms with E-state index in [0.717, 1.165) is 19.3 Å². The van der Waals surface area contributed by atoms with Crippen LogP contribution >= 0.6 is 0 Å². The zero-order valence-electron chi connectivity index (χ0n) is 20.5. The number of Topliss-reactive ketones (excluding diaryl/α,β-unsaturated/α-hetero) is 1. The minimum atomic E-state index is -4.25. The first-order valence-electron chi connectivity index (χ1n) is 11.7. The summed E-state index contributed by atoms with van der Waals surface area (Å²) in [5, 5.41) is 9.42. The van der Waals surface area contributed by atoms with E-state index < -0.39 is 11.6 Å². The Morgan fingerprint density at radius 1 is 1.19 bits per heavy atom. The van der Waals surface area contributed by atoms with Crippen molar-refractivity contribution in [2.75, 3.05) is 6.61 Å². The molecule has 0 aromatic carbocycles. The van der Waals surface area contributed by atoms with Crippen molar-refractivity contribution in [3.05, 3.63) is 35.1 Å². The molecule has 1 saturated carbocycles. The molecular formula is C26H40F3NO2. The number of hydrogen-bond acceptors (Lipinski definition) is 3. The molecule has 0 aromatic rings. The maximum Gasteiger partial charge on any atom is 0.398 e. The number of aliphatic hydroxyl groups is 1. The number of nitrogens with zero attached hydrogens (tertiary/aromatic N) is 1. The van der Waals surface area contributed by atoms with Crippen molar-refractivity contribution in [2.24, 2.45) is 22.2 Å². The van der Waals surface area contributed by atoms with E-state index in [-0.39, 0.29) is 31.1 Å². The molecule has 182 valence electrons. The molecule has 0 radical (unpaired) electrons. The number of unbranched alkanes of at least 4 members (excludes halogenated alkanes) is 1. The number of carbonyl (C=O) groups is 1. The Bertz CT molecular complexity index is 754. The maximum absolute atomic E-state index is 13.5. The Kier molecular flexibility index (Phi) is 11.1. The van der Waals surface area contributed by atoms with E-state index in [1.54, 1.807) is 26.0 Å². The van der Waals surface area contributed by atoms with Crippen LogP contribution in [0, 0.1) is 17.3 Å². The second kappa shape index (κ2) is 12.5. The number of alkyl halides is 3. The lowest BCUT2D eigenvalue weighted by atomic mass is 9.91. The van der Waals surface area contributed by atoms with Gasteiger partial charge < -0.3 is 5.11 Å². The Morgan fingerprint density at radius 3 is 2.25 bits per heavy atom. The zero-order chi connectivity index (χ0) is 24.5. The van der Waals surface area contributed by atoms with E-state index in [9.17, 15) is 23.1 Å². The molecule has 1 aliphatic carbocycles. The smallest absolute Gasteiger partial charge is 0.396 e. The Hall–Kier alpha value is -1.69. The number of carbonyl (C=O) groups excluding carboxylic acids is 1. The molecule has 6 heteroatoms. The van der Waals surface area contributed by atoms with E-state index in [1.807, 2.05) is 13.0 Å². The molecule has 1 unspecified atom stereocenters. The molecule has 1 rings (SSSR count). The molecule has 0 bridgehead atoms. The van der Waals surface area contributed by atoms with Crippen LogP contribution in [0.3, 0.4) is 0 Å². The summed E-state index contributed by atoms with van der Waals surface area (Å²) >= 11 is 0. The van der Waals surface area contributed by atoms with Crippen molar-refractivity contribution >= 4 is 11.5 Å². The lowest BCUT2D eigenvalue weighted by Gasteiger charge is -2.20. The van der Waals surface area contributed by atoms with Gasteiger partial charge in [-0.15, -0.1) is 0 Å². The van der Waals surface area contributed by atoms with Gasteiger partial charge in [0.25, 0.3) is 0 Å². The summed E-state index contributed by atoms with van der Waals surface area (Å²) < 4.78 is 40.4. The summed E-state index contributed by atoms with van der Waals surface area (Å²) in [7, 11) is 0. The highest BCUT2D eigenvalue weighted by atomic mass is 19.4. The molecule has 3 nitrogen and oxygen atoms in total. The van der Waals surface area contributed by atoms with Crippen molar-refractivity contribution in [1.29, 1.82) is 0 Å². The van der Waals surface area contributed by atoms with Crippen molar-refractivity contribution in [2.45, 2.75) is 92.7 Å². The fourth-order valence-corrected chi connectivity index (χ4v) is 3.92. The zero-order valence-corrected chi connectivity index (χ0v) is 20.5. The van der Waals surface area contributed by atoms with Crippen molar-refractivity contribution in [3.63, 3.8) is 0 Å². The molecule has 0 saturated heterocycles. The van der Waals surface area contributed by atoms with Gasteiger partial charge in [-0.25, -0.2) is 4.99 Å². The monoisotopic (exact) mass is 455 g/mol. The van der Waals surface area contributed by atoms with Gasteiger partial charge >= 0.3 is 6.18 Å². The van der Waals surface area contributed by atoms with Crippen LogP contribution in [0.1, 0.15) is 86.5 Å². The fraction of sp³-hybridized carbons (Fsp3) is 0.692. The Labute approximate surface area is 191 Å². The Balaban J connectivity index is 2.87. The minimum Gasteiger partial charge on any atom is -0.396 e. The number of aliphatic imine (C=N–C) groups is 1. The standard InChI is InChI=1S/C26H40F3NO2/c1-7-11-21(16-19(5)25(14-15-25)26(27,28)29)20(6)30-23(8-2)24(32)13-10-9-12-22(17-31)18(3)4/h8,11,16,18,22,31H,7,9-10,12-15,17H2,1-6H3/b19-16+,21-11-,23-8-,30-20-. The first-order chi connectivity index (χ1) is 14.9. The van der Waals surface area contributed by atoms with Gasteiger partial charge in [0.1, 0.15) is 5.70 Å². The molecule has 0 heterocycles. The number of hydrogen-bond donors (Lipinski definition) is 1. The highest BCUT2D eigenvalue weighted by Crippen LogP contribution is 2.62. The van der Waals surface area contributed by atoms with Crippen LogP contribution in [-0.2, 0) is 4.79 Å². The SMILES string of the molecule is C\C=C(/N=C(C)\C(=C/CC)\C=C(/C)C1(C(F)(F)F)CC1)C(=O)CCCCC(CO)C(C)C. The number of aliphatic hydroxyl groups excluding tert-OH is 1. The lowest BCUT2D eigenvalue weighted by Crippen LogP contribution is -2.25. The molecule has 1 aliphatic rings. The van der Waals surface area contributed by atoms with Gasteiger partial charge in [0.15, 0.2) is 5.78 Å². The molecule has 1 fully saturated rings. The number of allylic oxidation sites excluding steroid dienone is 6. The third-order valence-electron chi connectivity index (χ3n) is 6.51. The second-order valence-electron chi connectivity index (χ2n) is 9.20. The van der Waals surface area contributed by atoms with E-state index >= 15 is 0 Å². The van der Waals surface area contributed by atoms with Crippen LogP contribution in [0.5, 0.6) is 0 Å². The highest BCUT2D eigenvalue weighted by Gasteiger charge is 2.64. The summed E-state index contributed by atoms with van der Waals surface area (Å²) in [5.74, 6) is 0.582. The number of halogens is 3. The van der Waals surface area contributed by atoms with Crippen LogP contribution in [0.25, 0.3) is 0 Å². The second-order valence-corrected chi connectivity index (χ2v) is 9.20. The van der Waals surface area contributed by atoms with E-state index in [1.165, 1.54) is 6.92 Å². The highest BCUT2D eigenvalue weighted by molar-refractivity contribution is 6.05. The predicted octanol–water partition coefficient (Wildman–Crippen LogP) is 7.37. The summed E-state index contributed by atoms with van der Waals surface area (Å²) in [4.78, 5) is 17.1. The minimum absolute atomic E-state index is 0.0672. The van der Waals surface area contributed by atoms with E-state index in [4.69, 9.17) is 0 Å². The fourth-order valence-electron chi connectivity index (χ4n) is 3.92. The van der Waals surface area contributed by atoms with Gasteiger partial charge in [-0.3, -0.25) is 4.79 Å². The first kappa shape index (κ1) is 28.3. The van der Waals surface area contributed by atoms with Crippen LogP contribution in [0.15, 0.2) is 40.1 Å². The van der Waals surface area contributed by atoms with E-state index in [2.05, 4.69) is 18.8 Å². The van der Waals surface area contributed by atoms with Gasteiger partial charge in [0.2, 0.25) is 0 Å². The largest absolute Gasteiger partial charge is 0.398 e. The molecule has 0 spiro atoms. The van der Waals surface area contributed by atoms with Gasteiger partial charge in [0.05, 0.1) is 5.41 Å². The van der Waals surface area contributed by atoms with Crippen LogP contribution in [0.2, 0.25) is 0 Å². The van der Waals surface area contributed by atoms with Crippen molar-refractivity contribution < 1.29 is 23.1 Å². The average Bonchev–Trinajstić information content (AvgIpc) is 3.53. The molecule has 32 heavy (non-hydrogen) atoms. The quantitative estimate of drug-likeness (QED) is 0.136. The van der Waals surface area contributed by atoms with Gasteiger partial charge in [-0.05, 0) is 70.3 Å². The number of rotatable bonds is 13. The third-order valence-corrected chi connectivity index (χ3v) is 6.51. The topological polar surface area (TPSA) is 49.7 Å². The summed E-state index contributed by atoms with van der Waals surface area (Å²) in [5.41, 5.74) is 0.120. The van der Waals surface area contributed by atoms with E-state index in [0.29, 0.717) is 41.3 Å². The summed E-state index contributed by atoms with van der Waals surface area (Å²) in [6, 6.07) is 0. The van der Waals surface area contributed by atoms with Crippen LogP contribution < -0.4 is 0 Å². The van der Waals surface area contributed by atoms with Crippen LogP contribution in [0.4, 0.5) is 13.2 Å². The molecule has 0 aromatic heterocycles. The van der Waals surface area contributed by atoms with Crippen LogP contribution in [-0.4, -0.2) is 29.4 Å². The molecule has 1 N–H and O–H groups in total. The molecular weight excluding hydrogens is 415 g/mol. The summed E-state index contributed by atoms with van der Waals surface area (Å²) in [6.45, 7) is 11.3. The normalized spacial score (nSPS) is 18.8. The lowest BCUT2D eigenvalue weighted by molar-refractivity contribution is -0.175. The van der Waals surface area contributed by atoms with Gasteiger partial charge in [-0.1, -0.05) is 51.0 Å². The predicted molar refractivity (Wildman–Crippen MR) is 126 cm³/mol. The molecule has 0 amide bonds. The summed E-state index contributed by atoms with van der Waals surface area (Å²) in [6.07, 6.45) is 4.59. The molecule has 1 atom stereocenters. The third kappa shape index (κ3) is 7.72. The van der Waals surface area contributed by atoms with Crippen molar-refractivity contribution in [3.8, 4) is 0 Å². The number of ketones is 1. The first-order valence-corrected chi connectivity index (χ1v) is 11.7. The Morgan fingerprint density at radius 2 is 1.81 bits per heavy atom. The van der Waals surface area contributed by atoms with Crippen molar-refractivity contribution in [1.82, 2.24) is 0 Å².